The van der Waals surface area contributed by atoms with Gasteiger partial charge in [0.15, 0.2) is 9.84 Å². The van der Waals surface area contributed by atoms with Gasteiger partial charge in [-0.25, -0.2) is 8.42 Å². The Bertz CT molecular complexity index is 807. The second kappa shape index (κ2) is 6.51. The summed E-state index contributed by atoms with van der Waals surface area (Å²) in [6.07, 6.45) is 13.8. The maximum Gasteiger partial charge on any atom is 0.177 e. The molecule has 0 amide bonds. The zero-order valence-corrected chi connectivity index (χ0v) is 16.5. The minimum atomic E-state index is -3.21. The summed E-state index contributed by atoms with van der Waals surface area (Å²) in [5.41, 5.74) is 2.55. The Labute approximate surface area is 156 Å². The SMILES string of the molecule is CCS(=O)(=O)/C(C)=C1\CC23CCCCC2=CN2C=CCCC2=C3O1.Cl. The van der Waals surface area contributed by atoms with E-state index >= 15 is 0 Å². The molecule has 0 aromatic heterocycles. The number of rotatable bonds is 2. The third-order valence-electron chi connectivity index (χ3n) is 5.96. The Hall–Kier alpha value is -1.20. The lowest BCUT2D eigenvalue weighted by Gasteiger charge is -2.42. The third-order valence-corrected chi connectivity index (χ3v) is 7.88. The van der Waals surface area contributed by atoms with E-state index in [0.29, 0.717) is 17.1 Å². The lowest BCUT2D eigenvalue weighted by molar-refractivity contribution is 0.235. The average molecular weight is 384 g/mol. The number of fused-ring (bicyclic) bond motifs is 1. The van der Waals surface area contributed by atoms with Crippen LogP contribution in [0.1, 0.15) is 58.8 Å². The van der Waals surface area contributed by atoms with Gasteiger partial charge in [0.2, 0.25) is 0 Å². The van der Waals surface area contributed by atoms with Crippen LogP contribution in [0, 0.1) is 5.41 Å². The molecule has 1 saturated heterocycles. The standard InChI is InChI=1S/C19H25NO3S.ClH/c1-3-24(21,22)14(2)17-12-19-10-6-4-8-15(19)13-20-11-7-5-9-16(20)18(19)23-17;/h7,11,13H,3-6,8-10,12H2,1-2H3;1H/b17-14+;. The quantitative estimate of drug-likeness (QED) is 0.688. The van der Waals surface area contributed by atoms with E-state index in [1.165, 1.54) is 24.1 Å². The van der Waals surface area contributed by atoms with Crippen LogP contribution in [-0.2, 0) is 14.6 Å². The second-order valence-electron chi connectivity index (χ2n) is 7.21. The van der Waals surface area contributed by atoms with Gasteiger partial charge in [0.25, 0.3) is 0 Å². The predicted octanol–water partition coefficient (Wildman–Crippen LogP) is 4.77. The first-order chi connectivity index (χ1) is 11.5. The lowest BCUT2D eigenvalue weighted by atomic mass is 9.66. The number of halogens is 1. The molecule has 0 bridgehead atoms. The smallest absolute Gasteiger partial charge is 0.177 e. The summed E-state index contributed by atoms with van der Waals surface area (Å²) in [6.45, 7) is 3.40. The number of hydrogen-bond donors (Lipinski definition) is 0. The molecular formula is C19H26ClNO3S. The van der Waals surface area contributed by atoms with E-state index in [2.05, 4.69) is 23.4 Å². The Morgan fingerprint density at radius 1 is 1.32 bits per heavy atom. The summed E-state index contributed by atoms with van der Waals surface area (Å²) in [4.78, 5) is 2.62. The van der Waals surface area contributed by atoms with Gasteiger partial charge in [0.05, 0.1) is 21.8 Å². The van der Waals surface area contributed by atoms with Crippen LogP contribution < -0.4 is 0 Å². The maximum atomic E-state index is 12.3. The van der Waals surface area contributed by atoms with E-state index in [-0.39, 0.29) is 23.6 Å². The molecule has 0 aromatic carbocycles. The number of nitrogens with zero attached hydrogens (tertiary/aromatic N) is 1. The predicted molar refractivity (Wildman–Crippen MR) is 101 cm³/mol. The first kappa shape index (κ1) is 18.6. The molecular weight excluding hydrogens is 358 g/mol. The van der Waals surface area contributed by atoms with Crippen LogP contribution in [-0.4, -0.2) is 19.1 Å². The minimum absolute atomic E-state index is 0. The molecule has 25 heavy (non-hydrogen) atoms. The minimum Gasteiger partial charge on any atom is -0.462 e. The van der Waals surface area contributed by atoms with Gasteiger partial charge in [-0.2, -0.15) is 0 Å². The summed E-state index contributed by atoms with van der Waals surface area (Å²) >= 11 is 0. The highest BCUT2D eigenvalue weighted by atomic mass is 35.5. The summed E-state index contributed by atoms with van der Waals surface area (Å²) in [5.74, 6) is 1.83. The van der Waals surface area contributed by atoms with Crippen LogP contribution in [0.5, 0.6) is 0 Å². The molecule has 4 aliphatic rings. The van der Waals surface area contributed by atoms with Crippen molar-refractivity contribution in [2.24, 2.45) is 5.41 Å². The molecule has 1 spiro atoms. The van der Waals surface area contributed by atoms with Gasteiger partial charge in [0, 0.05) is 18.8 Å². The van der Waals surface area contributed by atoms with Gasteiger partial charge >= 0.3 is 0 Å². The van der Waals surface area contributed by atoms with Gasteiger partial charge in [-0.3, -0.25) is 0 Å². The summed E-state index contributed by atoms with van der Waals surface area (Å²) in [5, 5.41) is 0. The number of sulfone groups is 1. The van der Waals surface area contributed by atoms with Crippen molar-refractivity contribution in [3.8, 4) is 0 Å². The van der Waals surface area contributed by atoms with Crippen LogP contribution in [0.2, 0.25) is 0 Å². The first-order valence-electron chi connectivity index (χ1n) is 8.98. The van der Waals surface area contributed by atoms with Crippen molar-refractivity contribution in [1.29, 1.82) is 0 Å². The molecule has 1 saturated carbocycles. The summed E-state index contributed by atoms with van der Waals surface area (Å²) in [6, 6.07) is 0. The molecule has 2 fully saturated rings. The topological polar surface area (TPSA) is 46.6 Å². The van der Waals surface area contributed by atoms with Crippen molar-refractivity contribution < 1.29 is 13.2 Å². The number of hydrogen-bond acceptors (Lipinski definition) is 4. The Balaban J connectivity index is 0.00000182. The van der Waals surface area contributed by atoms with Crippen LogP contribution in [0.3, 0.4) is 0 Å². The van der Waals surface area contributed by atoms with Gasteiger partial charge in [0.1, 0.15) is 11.5 Å². The fraction of sp³-hybridized carbons (Fsp3) is 0.579. The van der Waals surface area contributed by atoms with Gasteiger partial charge < -0.3 is 9.64 Å². The van der Waals surface area contributed by atoms with E-state index in [1.54, 1.807) is 13.8 Å². The molecule has 4 nitrogen and oxygen atoms in total. The molecule has 6 heteroatoms. The van der Waals surface area contributed by atoms with E-state index in [4.69, 9.17) is 4.74 Å². The highest BCUT2D eigenvalue weighted by molar-refractivity contribution is 7.95. The molecule has 3 heterocycles. The van der Waals surface area contributed by atoms with E-state index in [9.17, 15) is 8.42 Å². The van der Waals surface area contributed by atoms with Crippen molar-refractivity contribution in [1.82, 2.24) is 4.90 Å². The summed E-state index contributed by atoms with van der Waals surface area (Å²) < 4.78 is 31.0. The number of ether oxygens (including phenoxy) is 1. The van der Waals surface area contributed by atoms with Crippen LogP contribution in [0.15, 0.2) is 46.2 Å². The largest absolute Gasteiger partial charge is 0.462 e. The highest BCUT2D eigenvalue weighted by Crippen LogP contribution is 2.60. The average Bonchev–Trinajstić information content (AvgIpc) is 2.98. The van der Waals surface area contributed by atoms with Crippen molar-refractivity contribution in [3.63, 3.8) is 0 Å². The van der Waals surface area contributed by atoms with Gasteiger partial charge in [-0.05, 0) is 44.6 Å². The van der Waals surface area contributed by atoms with E-state index < -0.39 is 9.84 Å². The molecule has 1 atom stereocenters. The third kappa shape index (κ3) is 2.76. The fourth-order valence-electron chi connectivity index (χ4n) is 4.47. The van der Waals surface area contributed by atoms with Gasteiger partial charge in [-0.15, -0.1) is 12.4 Å². The monoisotopic (exact) mass is 383 g/mol. The van der Waals surface area contributed by atoms with Crippen molar-refractivity contribution in [2.45, 2.75) is 58.8 Å². The fourth-order valence-corrected chi connectivity index (χ4v) is 5.36. The molecule has 0 aromatic rings. The first-order valence-corrected chi connectivity index (χ1v) is 10.6. The van der Waals surface area contributed by atoms with Crippen LogP contribution >= 0.6 is 12.4 Å². The molecule has 4 rings (SSSR count). The van der Waals surface area contributed by atoms with Gasteiger partial charge in [-0.1, -0.05) is 19.4 Å². The molecule has 0 N–H and O–H groups in total. The maximum absolute atomic E-state index is 12.3. The lowest BCUT2D eigenvalue weighted by Crippen LogP contribution is -2.34. The second-order valence-corrected chi connectivity index (χ2v) is 9.63. The van der Waals surface area contributed by atoms with E-state index in [0.717, 1.165) is 31.4 Å². The summed E-state index contributed by atoms with van der Waals surface area (Å²) in [7, 11) is -3.21. The molecule has 138 valence electrons. The number of allylic oxidation sites excluding steroid dienone is 5. The highest BCUT2D eigenvalue weighted by Gasteiger charge is 2.52. The normalized spacial score (nSPS) is 29.8. The molecule has 1 unspecified atom stereocenters. The van der Waals surface area contributed by atoms with E-state index in [1.807, 2.05) is 0 Å². The zero-order valence-electron chi connectivity index (χ0n) is 14.9. The Morgan fingerprint density at radius 2 is 2.12 bits per heavy atom. The zero-order chi connectivity index (χ0) is 16.9. The van der Waals surface area contributed by atoms with Crippen LogP contribution in [0.25, 0.3) is 0 Å². The van der Waals surface area contributed by atoms with Crippen LogP contribution in [0.4, 0.5) is 0 Å². The molecule has 0 radical (unpaired) electrons. The Kier molecular flexibility index (Phi) is 4.84. The molecule has 3 aliphatic heterocycles. The molecule has 1 aliphatic carbocycles. The van der Waals surface area contributed by atoms with Crippen molar-refractivity contribution in [3.05, 3.63) is 46.2 Å². The Morgan fingerprint density at radius 3 is 2.88 bits per heavy atom. The van der Waals surface area contributed by atoms with Crippen molar-refractivity contribution in [2.75, 3.05) is 5.75 Å². The van der Waals surface area contributed by atoms with Crippen molar-refractivity contribution >= 4 is 22.2 Å².